The number of halogens is 3. The third kappa shape index (κ3) is 14.7. The molecule has 3 amide bonds. The van der Waals surface area contributed by atoms with Crippen molar-refractivity contribution in [1.29, 1.82) is 0 Å². The van der Waals surface area contributed by atoms with Crippen molar-refractivity contribution >= 4 is 46.8 Å². The lowest BCUT2D eigenvalue weighted by molar-refractivity contribution is -0.156. The van der Waals surface area contributed by atoms with Crippen molar-refractivity contribution in [3.05, 3.63) is 143 Å². The van der Waals surface area contributed by atoms with Crippen LogP contribution in [0.4, 0.5) is 24.5 Å². The second kappa shape index (κ2) is 22.8. The van der Waals surface area contributed by atoms with E-state index in [0.717, 1.165) is 60.6 Å². The first-order valence-electron chi connectivity index (χ1n) is 22.0. The number of pyridine rings is 1. The average Bonchev–Trinajstić information content (AvgIpc) is 3.30. The van der Waals surface area contributed by atoms with Crippen LogP contribution in [-0.2, 0) is 32.7 Å². The van der Waals surface area contributed by atoms with Crippen LogP contribution < -0.4 is 15.5 Å². The number of nitrogens with zero attached hydrogens (tertiary/aromatic N) is 3. The van der Waals surface area contributed by atoms with E-state index in [9.17, 15) is 32.3 Å². The van der Waals surface area contributed by atoms with Gasteiger partial charge in [0.05, 0.1) is 30.0 Å². The topological polar surface area (TPSA) is 130 Å². The number of amides is 3. The first kappa shape index (κ1) is 49.2. The summed E-state index contributed by atoms with van der Waals surface area (Å²) in [6.07, 6.45) is 1.04. The van der Waals surface area contributed by atoms with Gasteiger partial charge in [0.25, 0.3) is 17.7 Å². The highest BCUT2D eigenvalue weighted by Gasteiger charge is 2.30. The van der Waals surface area contributed by atoms with Gasteiger partial charge in [-0.25, -0.2) is 0 Å². The Morgan fingerprint density at radius 2 is 1.52 bits per heavy atom. The molecule has 66 heavy (non-hydrogen) atoms. The fourth-order valence-corrected chi connectivity index (χ4v) is 8.22. The van der Waals surface area contributed by atoms with Gasteiger partial charge in [0.15, 0.2) is 0 Å². The van der Waals surface area contributed by atoms with Crippen LogP contribution in [0.2, 0.25) is 0 Å². The van der Waals surface area contributed by atoms with Gasteiger partial charge in [-0.2, -0.15) is 13.2 Å². The normalized spacial score (nSPS) is 12.9. The number of carbonyl (C=O) groups excluding carboxylic acids is 4. The van der Waals surface area contributed by atoms with E-state index in [0.29, 0.717) is 59.0 Å². The largest absolute Gasteiger partial charge is 0.460 e. The van der Waals surface area contributed by atoms with Gasteiger partial charge >= 0.3 is 12.1 Å². The number of benzene rings is 4. The number of hydrogen-bond donors (Lipinski definition) is 2. The van der Waals surface area contributed by atoms with Crippen LogP contribution in [0.3, 0.4) is 0 Å². The molecule has 15 heteroatoms. The molecule has 1 aliphatic heterocycles. The lowest BCUT2D eigenvalue weighted by Gasteiger charge is -2.29. The van der Waals surface area contributed by atoms with Crippen LogP contribution in [0.15, 0.2) is 114 Å². The van der Waals surface area contributed by atoms with E-state index in [1.807, 2.05) is 75.4 Å². The molecule has 6 rings (SSSR count). The number of piperidine rings is 1. The molecule has 0 radical (unpaired) electrons. The summed E-state index contributed by atoms with van der Waals surface area (Å²) >= 11 is 1.54. The first-order valence-corrected chi connectivity index (χ1v) is 23.0. The van der Waals surface area contributed by atoms with E-state index in [4.69, 9.17) is 9.47 Å². The number of carbonyl (C=O) groups is 4. The Bertz CT molecular complexity index is 2490. The summed E-state index contributed by atoms with van der Waals surface area (Å²) < 4.78 is 50.7. The zero-order valence-electron chi connectivity index (χ0n) is 37.7. The molecule has 2 heterocycles. The number of rotatable bonds is 18. The van der Waals surface area contributed by atoms with Crippen molar-refractivity contribution in [3.8, 4) is 11.3 Å². The van der Waals surface area contributed by atoms with Crippen molar-refractivity contribution in [2.24, 2.45) is 0 Å². The number of hydrogen-bond acceptors (Lipinski definition) is 9. The highest BCUT2D eigenvalue weighted by Crippen LogP contribution is 2.34. The van der Waals surface area contributed by atoms with Gasteiger partial charge in [0, 0.05) is 84.6 Å². The molecular formula is C51H56F3N5O6S. The highest BCUT2D eigenvalue weighted by atomic mass is 32.2. The summed E-state index contributed by atoms with van der Waals surface area (Å²) in [4.78, 5) is 61.8. The molecule has 0 saturated carbocycles. The maximum atomic E-state index is 13.9. The molecule has 2 N–H and O–H groups in total. The molecule has 1 fully saturated rings. The number of nitrogens with one attached hydrogen (secondary N) is 2. The summed E-state index contributed by atoms with van der Waals surface area (Å²) in [6.45, 7) is 8.27. The van der Waals surface area contributed by atoms with Crippen LogP contribution in [0.5, 0.6) is 0 Å². The third-order valence-electron chi connectivity index (χ3n) is 10.7. The summed E-state index contributed by atoms with van der Waals surface area (Å²) in [7, 11) is 1.74. The van der Waals surface area contributed by atoms with Gasteiger partial charge in [-0.3, -0.25) is 24.2 Å². The minimum atomic E-state index is -4.50. The van der Waals surface area contributed by atoms with E-state index >= 15 is 0 Å². The highest BCUT2D eigenvalue weighted by molar-refractivity contribution is 7.98. The second-order valence-corrected chi connectivity index (χ2v) is 18.1. The van der Waals surface area contributed by atoms with Gasteiger partial charge in [-0.1, -0.05) is 30.3 Å². The number of alkyl halides is 3. The molecule has 1 aromatic heterocycles. The fourth-order valence-electron chi connectivity index (χ4n) is 7.32. The van der Waals surface area contributed by atoms with Crippen molar-refractivity contribution in [2.75, 3.05) is 50.1 Å². The number of anilines is 2. The number of esters is 1. The van der Waals surface area contributed by atoms with Crippen molar-refractivity contribution in [2.45, 2.75) is 81.8 Å². The van der Waals surface area contributed by atoms with E-state index < -0.39 is 23.2 Å². The van der Waals surface area contributed by atoms with Crippen molar-refractivity contribution in [3.63, 3.8) is 0 Å². The van der Waals surface area contributed by atoms with E-state index in [2.05, 4.69) is 20.5 Å². The number of thioether (sulfide) groups is 1. The molecular weight excluding hydrogens is 868 g/mol. The second-order valence-electron chi connectivity index (χ2n) is 17.1. The summed E-state index contributed by atoms with van der Waals surface area (Å²) in [5, 5.41) is 5.79. The SMILES string of the molecule is CN(CCCOCCC(=O)OC(C)(C)C)C(=O)c1cccc(SCc2cccc(C(=O)Nc3ccc(N4CCCCC4)cc3-c3cc(C(=O)NCc4cccc(C(F)(F)F)c4)ccn3)c2)c1. The maximum absolute atomic E-state index is 13.9. The van der Waals surface area contributed by atoms with Gasteiger partial charge in [0.1, 0.15) is 5.60 Å². The Balaban J connectivity index is 1.08. The fraction of sp³-hybridized carbons (Fsp3) is 0.353. The molecule has 0 bridgehead atoms. The van der Waals surface area contributed by atoms with E-state index in [-0.39, 0.29) is 42.9 Å². The van der Waals surface area contributed by atoms with Crippen LogP contribution in [0, 0.1) is 0 Å². The zero-order valence-corrected chi connectivity index (χ0v) is 38.5. The molecule has 4 aromatic carbocycles. The molecule has 0 spiro atoms. The quantitative estimate of drug-likeness (QED) is 0.0501. The predicted octanol–water partition coefficient (Wildman–Crippen LogP) is 10.4. The van der Waals surface area contributed by atoms with Crippen LogP contribution >= 0.6 is 11.8 Å². The third-order valence-corrected chi connectivity index (χ3v) is 11.7. The Kier molecular flexibility index (Phi) is 17.0. The maximum Gasteiger partial charge on any atom is 0.416 e. The minimum absolute atomic E-state index is 0.105. The Hall–Kier alpha value is -6.19. The zero-order chi connectivity index (χ0) is 47.3. The van der Waals surface area contributed by atoms with Crippen molar-refractivity contribution in [1.82, 2.24) is 15.2 Å². The van der Waals surface area contributed by atoms with Gasteiger partial charge in [-0.05, 0) is 130 Å². The molecule has 1 saturated heterocycles. The van der Waals surface area contributed by atoms with Gasteiger partial charge in [0.2, 0.25) is 0 Å². The summed E-state index contributed by atoms with van der Waals surface area (Å²) in [6, 6.07) is 28.5. The van der Waals surface area contributed by atoms with E-state index in [1.54, 1.807) is 41.9 Å². The first-order chi connectivity index (χ1) is 31.5. The molecule has 0 aliphatic carbocycles. The Morgan fingerprint density at radius 1 is 0.788 bits per heavy atom. The summed E-state index contributed by atoms with van der Waals surface area (Å²) in [5.74, 6) is -0.713. The minimum Gasteiger partial charge on any atom is -0.460 e. The van der Waals surface area contributed by atoms with Crippen molar-refractivity contribution < 1.29 is 41.8 Å². The molecule has 348 valence electrons. The number of ether oxygens (including phenoxy) is 2. The predicted molar refractivity (Wildman–Crippen MR) is 252 cm³/mol. The standard InChI is InChI=1S/C51H56F3N5O6S/c1-50(2,3)65-46(60)21-27-64-26-11-23-58(4)49(63)39-15-10-17-42(30-39)66-34-36-13-8-14-37(28-36)48(62)57-44-19-18-41(59-24-6-5-7-25-59)32-43(44)45-31-38(20-22-55-45)47(61)56-33-35-12-9-16-40(29-35)51(52,53)54/h8-10,12-20,22,28-32H,5-7,11,21,23-27,33-34H2,1-4H3,(H,56,61)(H,57,62). The lowest BCUT2D eigenvalue weighted by Crippen LogP contribution is -2.29. The van der Waals surface area contributed by atoms with E-state index in [1.165, 1.54) is 24.4 Å². The smallest absolute Gasteiger partial charge is 0.416 e. The van der Waals surface area contributed by atoms with Gasteiger partial charge in [-0.15, -0.1) is 11.8 Å². The van der Waals surface area contributed by atoms with Crippen LogP contribution in [-0.4, -0.2) is 79.1 Å². The Morgan fingerprint density at radius 3 is 2.29 bits per heavy atom. The van der Waals surface area contributed by atoms with Crippen LogP contribution in [0.1, 0.15) is 101 Å². The molecule has 11 nitrogen and oxygen atoms in total. The molecule has 0 atom stereocenters. The molecule has 5 aromatic rings. The molecule has 0 unspecified atom stereocenters. The lowest BCUT2D eigenvalue weighted by atomic mass is 10.0. The average molecular weight is 924 g/mol. The Labute approximate surface area is 388 Å². The van der Waals surface area contributed by atoms with Crippen LogP contribution in [0.25, 0.3) is 11.3 Å². The van der Waals surface area contributed by atoms with Gasteiger partial charge < -0.3 is 29.9 Å². The monoisotopic (exact) mass is 923 g/mol. The summed E-state index contributed by atoms with van der Waals surface area (Å²) in [5.41, 5.74) is 3.63. The number of aromatic nitrogens is 1. The molecule has 1 aliphatic rings.